The number of ether oxygens (including phenoxy) is 1. The smallest absolute Gasteiger partial charge is 0.410 e. The van der Waals surface area contributed by atoms with Gasteiger partial charge in [0.05, 0.1) is 11.2 Å². The maximum Gasteiger partial charge on any atom is 0.410 e. The fourth-order valence-electron chi connectivity index (χ4n) is 1.69. The molecule has 0 atom stereocenters. The van der Waals surface area contributed by atoms with Crippen LogP contribution in [0.15, 0.2) is 6.20 Å². The predicted molar refractivity (Wildman–Crippen MR) is 69.6 cm³/mol. The summed E-state index contributed by atoms with van der Waals surface area (Å²) in [4.78, 5) is 28.4. The van der Waals surface area contributed by atoms with Crippen molar-refractivity contribution in [3.63, 3.8) is 0 Å². The first-order valence-corrected chi connectivity index (χ1v) is 6.75. The van der Waals surface area contributed by atoms with Crippen molar-refractivity contribution >= 4 is 23.4 Å². The Bertz CT molecular complexity index is 500. The highest BCUT2D eigenvalue weighted by Crippen LogP contribution is 2.31. The number of hydrogen-bond acceptors (Lipinski definition) is 5. The second kappa shape index (κ2) is 4.80. The number of carbonyl (C=O) groups excluding carboxylic acids is 1. The van der Waals surface area contributed by atoms with Gasteiger partial charge in [-0.3, -0.25) is 0 Å². The number of likely N-dealkylation sites (tertiary alicyclic amines) is 1. The Morgan fingerprint density at radius 1 is 1.47 bits per heavy atom. The summed E-state index contributed by atoms with van der Waals surface area (Å²) in [5, 5.41) is 9.59. The van der Waals surface area contributed by atoms with Gasteiger partial charge in [0.1, 0.15) is 10.5 Å². The van der Waals surface area contributed by atoms with Crippen molar-refractivity contribution in [1.29, 1.82) is 0 Å². The third kappa shape index (κ3) is 3.23. The van der Waals surface area contributed by atoms with E-state index in [2.05, 4.69) is 4.98 Å². The average molecular weight is 284 g/mol. The summed E-state index contributed by atoms with van der Waals surface area (Å²) in [5.41, 5.74) is -0.500. The average Bonchev–Trinajstić information content (AvgIpc) is 2.61. The Hall–Kier alpha value is -1.63. The van der Waals surface area contributed by atoms with Crippen molar-refractivity contribution in [2.24, 2.45) is 0 Å². The Balaban J connectivity index is 1.89. The first-order chi connectivity index (χ1) is 8.76. The van der Waals surface area contributed by atoms with Gasteiger partial charge in [0.25, 0.3) is 0 Å². The van der Waals surface area contributed by atoms with Crippen LogP contribution < -0.4 is 0 Å². The molecule has 1 amide bonds. The molecule has 1 saturated heterocycles. The van der Waals surface area contributed by atoms with E-state index in [1.54, 1.807) is 4.90 Å². The molecule has 104 valence electrons. The molecule has 0 unspecified atom stereocenters. The van der Waals surface area contributed by atoms with E-state index in [1.165, 1.54) is 6.20 Å². The molecule has 0 radical (unpaired) electrons. The number of carboxylic acids is 1. The van der Waals surface area contributed by atoms with Gasteiger partial charge >= 0.3 is 12.1 Å². The van der Waals surface area contributed by atoms with Crippen molar-refractivity contribution in [3.8, 4) is 0 Å². The number of thiazole rings is 1. The number of carbonyl (C=O) groups is 2. The highest BCUT2D eigenvalue weighted by atomic mass is 32.1. The number of hydrogen-bond donors (Lipinski definition) is 1. The van der Waals surface area contributed by atoms with Crippen LogP contribution in [-0.4, -0.2) is 45.7 Å². The lowest BCUT2D eigenvalue weighted by Gasteiger charge is -2.38. The lowest BCUT2D eigenvalue weighted by Crippen LogP contribution is -2.50. The standard InChI is InChI=1S/C12H16N2O4S/c1-12(2,3)18-11(17)14-5-7(6-14)9-13-4-8(19-9)10(15)16/h4,7H,5-6H2,1-3H3,(H,15,16). The van der Waals surface area contributed by atoms with Crippen LogP contribution in [0.3, 0.4) is 0 Å². The van der Waals surface area contributed by atoms with Crippen molar-refractivity contribution in [3.05, 3.63) is 16.1 Å². The molecular formula is C12H16N2O4S. The Morgan fingerprint density at radius 3 is 2.58 bits per heavy atom. The van der Waals surface area contributed by atoms with E-state index in [0.717, 1.165) is 16.3 Å². The molecule has 1 aromatic rings. The van der Waals surface area contributed by atoms with Gasteiger partial charge in [0.2, 0.25) is 0 Å². The zero-order valence-electron chi connectivity index (χ0n) is 11.0. The number of nitrogens with zero attached hydrogens (tertiary/aromatic N) is 2. The van der Waals surface area contributed by atoms with E-state index < -0.39 is 11.6 Å². The molecule has 1 aliphatic rings. The van der Waals surface area contributed by atoms with Crippen LogP contribution in [0.5, 0.6) is 0 Å². The van der Waals surface area contributed by atoms with E-state index in [9.17, 15) is 9.59 Å². The van der Waals surface area contributed by atoms with E-state index >= 15 is 0 Å². The van der Waals surface area contributed by atoms with Gasteiger partial charge in [0, 0.05) is 19.0 Å². The summed E-state index contributed by atoms with van der Waals surface area (Å²) >= 11 is 1.16. The van der Waals surface area contributed by atoms with Crippen molar-refractivity contribution in [2.45, 2.75) is 32.3 Å². The molecule has 2 rings (SSSR count). The van der Waals surface area contributed by atoms with E-state index in [4.69, 9.17) is 9.84 Å². The molecule has 0 saturated carbocycles. The van der Waals surface area contributed by atoms with Crippen LogP contribution in [0.2, 0.25) is 0 Å². The van der Waals surface area contributed by atoms with Crippen molar-refractivity contribution < 1.29 is 19.4 Å². The summed E-state index contributed by atoms with van der Waals surface area (Å²) in [7, 11) is 0. The van der Waals surface area contributed by atoms with Crippen LogP contribution in [0.4, 0.5) is 4.79 Å². The van der Waals surface area contributed by atoms with Crippen LogP contribution in [0, 0.1) is 0 Å². The zero-order valence-corrected chi connectivity index (χ0v) is 11.9. The van der Waals surface area contributed by atoms with Gasteiger partial charge in [-0.15, -0.1) is 11.3 Å². The minimum atomic E-state index is -0.966. The quantitative estimate of drug-likeness (QED) is 0.900. The first kappa shape index (κ1) is 13.8. The molecule has 0 bridgehead atoms. The van der Waals surface area contributed by atoms with Crippen molar-refractivity contribution in [1.82, 2.24) is 9.88 Å². The number of carboxylic acid groups (broad SMARTS) is 1. The normalized spacial score (nSPS) is 16.1. The van der Waals surface area contributed by atoms with Gasteiger partial charge < -0.3 is 14.7 Å². The molecule has 6 nitrogen and oxygen atoms in total. The fourth-order valence-corrected chi connectivity index (χ4v) is 2.52. The van der Waals surface area contributed by atoms with Gasteiger partial charge in [-0.2, -0.15) is 0 Å². The maximum absolute atomic E-state index is 11.7. The molecule has 2 heterocycles. The molecule has 1 aliphatic heterocycles. The summed E-state index contributed by atoms with van der Waals surface area (Å²) in [6, 6.07) is 0. The molecule has 0 spiro atoms. The molecule has 7 heteroatoms. The Morgan fingerprint density at radius 2 is 2.11 bits per heavy atom. The summed E-state index contributed by atoms with van der Waals surface area (Å²) in [5.74, 6) is -0.849. The summed E-state index contributed by atoms with van der Waals surface area (Å²) in [6.07, 6.45) is 1.03. The molecule has 1 fully saturated rings. The van der Waals surface area contributed by atoms with Crippen LogP contribution in [-0.2, 0) is 4.74 Å². The van der Waals surface area contributed by atoms with Crippen LogP contribution >= 0.6 is 11.3 Å². The minimum Gasteiger partial charge on any atom is -0.477 e. The Kier molecular flexibility index (Phi) is 3.49. The SMILES string of the molecule is CC(C)(C)OC(=O)N1CC(c2ncc(C(=O)O)s2)C1. The largest absolute Gasteiger partial charge is 0.477 e. The number of rotatable bonds is 2. The number of aromatic carboxylic acids is 1. The third-order valence-electron chi connectivity index (χ3n) is 2.62. The van der Waals surface area contributed by atoms with Crippen LogP contribution in [0.25, 0.3) is 0 Å². The highest BCUT2D eigenvalue weighted by molar-refractivity contribution is 7.13. The third-order valence-corrected chi connectivity index (χ3v) is 3.76. The lowest BCUT2D eigenvalue weighted by molar-refractivity contribution is 0.00816. The fraction of sp³-hybridized carbons (Fsp3) is 0.583. The van der Waals surface area contributed by atoms with Gasteiger partial charge in [-0.25, -0.2) is 14.6 Å². The predicted octanol–water partition coefficient (Wildman–Crippen LogP) is 2.18. The van der Waals surface area contributed by atoms with Gasteiger partial charge in [-0.1, -0.05) is 0 Å². The van der Waals surface area contributed by atoms with E-state index in [-0.39, 0.29) is 16.9 Å². The van der Waals surface area contributed by atoms with E-state index in [0.29, 0.717) is 13.1 Å². The second-order valence-corrected chi connectivity index (χ2v) is 6.51. The summed E-state index contributed by atoms with van der Waals surface area (Å²) < 4.78 is 5.25. The zero-order chi connectivity index (χ0) is 14.2. The van der Waals surface area contributed by atoms with Crippen molar-refractivity contribution in [2.75, 3.05) is 13.1 Å². The molecule has 1 N–H and O–H groups in total. The lowest BCUT2D eigenvalue weighted by atomic mass is 10.0. The first-order valence-electron chi connectivity index (χ1n) is 5.93. The summed E-state index contributed by atoms with van der Waals surface area (Å²) in [6.45, 7) is 6.52. The number of aromatic nitrogens is 1. The monoisotopic (exact) mass is 284 g/mol. The molecular weight excluding hydrogens is 268 g/mol. The van der Waals surface area contributed by atoms with Gasteiger partial charge in [-0.05, 0) is 20.8 Å². The van der Waals surface area contributed by atoms with Crippen LogP contribution in [0.1, 0.15) is 41.4 Å². The molecule has 19 heavy (non-hydrogen) atoms. The maximum atomic E-state index is 11.7. The molecule has 0 aromatic carbocycles. The highest BCUT2D eigenvalue weighted by Gasteiger charge is 2.36. The second-order valence-electron chi connectivity index (χ2n) is 5.45. The van der Waals surface area contributed by atoms with Gasteiger partial charge in [0.15, 0.2) is 0 Å². The topological polar surface area (TPSA) is 79.7 Å². The number of amides is 1. The molecule has 1 aromatic heterocycles. The minimum absolute atomic E-state index is 0.116. The molecule has 0 aliphatic carbocycles. The Labute approximate surface area is 115 Å². The van der Waals surface area contributed by atoms with E-state index in [1.807, 2.05) is 20.8 Å².